The number of ether oxygens (including phenoxy) is 1. The Morgan fingerprint density at radius 1 is 1.60 bits per heavy atom. The molecule has 0 saturated carbocycles. The van der Waals surface area contributed by atoms with E-state index in [0.29, 0.717) is 0 Å². The molecule has 0 aromatic heterocycles. The van der Waals surface area contributed by atoms with Crippen LogP contribution in [0.2, 0.25) is 0 Å². The van der Waals surface area contributed by atoms with Crippen LogP contribution in [0.25, 0.3) is 0 Å². The number of carboxylic acids is 1. The lowest BCUT2D eigenvalue weighted by molar-refractivity contribution is -0.142. The zero-order chi connectivity index (χ0) is 10.9. The average Bonchev–Trinajstić information content (AvgIpc) is 2.71. The second-order valence-corrected chi connectivity index (χ2v) is 3.94. The summed E-state index contributed by atoms with van der Waals surface area (Å²) >= 11 is 6.32. The highest BCUT2D eigenvalue weighted by atomic mass is 35.5. The van der Waals surface area contributed by atoms with Gasteiger partial charge in [-0.2, -0.15) is 0 Å². The predicted molar refractivity (Wildman–Crippen MR) is 54.9 cm³/mol. The Kier molecular flexibility index (Phi) is 2.44. The fourth-order valence-electron chi connectivity index (χ4n) is 1.63. The zero-order valence-electron chi connectivity index (χ0n) is 7.84. The lowest BCUT2D eigenvalue weighted by atomic mass is 9.93. The van der Waals surface area contributed by atoms with Gasteiger partial charge in [-0.15, -0.1) is 0 Å². The van der Waals surface area contributed by atoms with Crippen molar-refractivity contribution in [2.75, 3.05) is 6.73 Å². The second kappa shape index (κ2) is 3.62. The Labute approximate surface area is 92.1 Å². The molecule has 80 valence electrons. The van der Waals surface area contributed by atoms with Crippen molar-refractivity contribution in [1.29, 1.82) is 0 Å². The third kappa shape index (κ3) is 1.61. The van der Waals surface area contributed by atoms with E-state index in [4.69, 9.17) is 21.4 Å². The Hall–Kier alpha value is -1.42. The molecule has 0 spiro atoms. The highest BCUT2D eigenvalue weighted by Crippen LogP contribution is 2.36. The fraction of sp³-hybridized carbons (Fsp3) is 0.300. The van der Waals surface area contributed by atoms with Crippen LogP contribution in [-0.4, -0.2) is 27.7 Å². The number of rotatable bonds is 2. The first kappa shape index (κ1) is 10.1. The quantitative estimate of drug-likeness (QED) is 0.574. The van der Waals surface area contributed by atoms with Gasteiger partial charge >= 0.3 is 5.97 Å². The summed E-state index contributed by atoms with van der Waals surface area (Å²) in [6.45, 7) is 0.269. The maximum atomic E-state index is 11.1. The van der Waals surface area contributed by atoms with E-state index in [1.807, 2.05) is 0 Å². The van der Waals surface area contributed by atoms with Gasteiger partial charge in [-0.05, 0) is 6.08 Å². The number of nitrogens with zero attached hydrogens (tertiary/aromatic N) is 1. The van der Waals surface area contributed by atoms with Crippen molar-refractivity contribution in [3.8, 4) is 0 Å². The first-order valence-electron chi connectivity index (χ1n) is 4.47. The van der Waals surface area contributed by atoms with Crippen LogP contribution in [0.4, 0.5) is 0 Å². The minimum Gasteiger partial charge on any atom is -0.481 e. The average molecular weight is 228 g/mol. The molecule has 0 radical (unpaired) electrons. The number of carbonyl (C=O) groups is 1. The summed E-state index contributed by atoms with van der Waals surface area (Å²) in [4.78, 5) is 11.6. The summed E-state index contributed by atoms with van der Waals surface area (Å²) in [6.07, 6.45) is 9.79. The summed E-state index contributed by atoms with van der Waals surface area (Å²) < 4.78 is 5.01. The molecule has 15 heavy (non-hydrogen) atoms. The number of carboxylic acid groups (broad SMARTS) is 1. The molecule has 4 nitrogen and oxygen atoms in total. The minimum atomic E-state index is -1.08. The number of hydrogen-bond acceptors (Lipinski definition) is 3. The Bertz CT molecular complexity index is 364. The van der Waals surface area contributed by atoms with Gasteiger partial charge in [0, 0.05) is 6.20 Å². The number of allylic oxidation sites excluding steroid dienone is 2. The molecule has 1 heterocycles. The van der Waals surface area contributed by atoms with Gasteiger partial charge in [-0.25, -0.2) is 0 Å². The van der Waals surface area contributed by atoms with Crippen molar-refractivity contribution < 1.29 is 14.6 Å². The monoisotopic (exact) mass is 227 g/mol. The molecule has 5 heteroatoms. The molecule has 1 N–H and O–H groups in total. The van der Waals surface area contributed by atoms with Crippen molar-refractivity contribution in [3.63, 3.8) is 0 Å². The van der Waals surface area contributed by atoms with Gasteiger partial charge in [-0.3, -0.25) is 4.79 Å². The van der Waals surface area contributed by atoms with E-state index in [9.17, 15) is 4.79 Å². The lowest BCUT2D eigenvalue weighted by Crippen LogP contribution is -2.48. The summed E-state index contributed by atoms with van der Waals surface area (Å²) in [6, 6.07) is 0. The topological polar surface area (TPSA) is 49.8 Å². The van der Waals surface area contributed by atoms with Gasteiger partial charge in [0.05, 0.1) is 0 Å². The first-order chi connectivity index (χ1) is 7.14. The molecule has 2 unspecified atom stereocenters. The Morgan fingerprint density at radius 3 is 3.00 bits per heavy atom. The van der Waals surface area contributed by atoms with E-state index in [-0.39, 0.29) is 6.73 Å². The molecule has 0 amide bonds. The van der Waals surface area contributed by atoms with Crippen LogP contribution in [0.3, 0.4) is 0 Å². The molecule has 0 saturated heterocycles. The van der Waals surface area contributed by atoms with E-state index < -0.39 is 16.9 Å². The van der Waals surface area contributed by atoms with Crippen molar-refractivity contribution >= 4 is 17.6 Å². The van der Waals surface area contributed by atoms with Gasteiger partial charge in [-0.1, -0.05) is 29.8 Å². The molecule has 2 rings (SSSR count). The van der Waals surface area contributed by atoms with Crippen LogP contribution in [0.5, 0.6) is 0 Å². The molecule has 2 aliphatic rings. The van der Waals surface area contributed by atoms with Crippen LogP contribution in [0, 0.1) is 5.92 Å². The van der Waals surface area contributed by atoms with Crippen molar-refractivity contribution in [2.45, 2.75) is 5.00 Å². The van der Waals surface area contributed by atoms with Crippen LogP contribution < -0.4 is 0 Å². The SMILES string of the molecule is O=C(O)C1C=CC=CC1(Cl)N1C=COC1. The molecule has 0 aromatic carbocycles. The summed E-state index contributed by atoms with van der Waals surface area (Å²) in [5.74, 6) is -1.73. The van der Waals surface area contributed by atoms with Gasteiger partial charge in [0.25, 0.3) is 0 Å². The number of hydrogen-bond donors (Lipinski definition) is 1. The smallest absolute Gasteiger partial charge is 0.314 e. The Morgan fingerprint density at radius 2 is 2.40 bits per heavy atom. The number of halogens is 1. The van der Waals surface area contributed by atoms with E-state index in [2.05, 4.69) is 0 Å². The third-order valence-electron chi connectivity index (χ3n) is 2.44. The van der Waals surface area contributed by atoms with E-state index in [1.54, 1.807) is 35.4 Å². The first-order valence-corrected chi connectivity index (χ1v) is 4.85. The lowest BCUT2D eigenvalue weighted by Gasteiger charge is -2.37. The van der Waals surface area contributed by atoms with Crippen molar-refractivity contribution in [1.82, 2.24) is 4.90 Å². The fourth-order valence-corrected chi connectivity index (χ4v) is 1.97. The molecule has 0 bridgehead atoms. The second-order valence-electron chi connectivity index (χ2n) is 3.34. The molecular formula is C10H10ClNO3. The highest BCUT2D eigenvalue weighted by Gasteiger charge is 2.44. The largest absolute Gasteiger partial charge is 0.481 e. The maximum absolute atomic E-state index is 11.1. The molecule has 0 aromatic rings. The summed E-state index contributed by atoms with van der Waals surface area (Å²) in [5, 5.41) is 9.07. The van der Waals surface area contributed by atoms with Crippen molar-refractivity contribution in [3.05, 3.63) is 36.8 Å². The molecule has 1 aliphatic carbocycles. The third-order valence-corrected chi connectivity index (χ3v) is 3.02. The maximum Gasteiger partial charge on any atom is 0.314 e. The van der Waals surface area contributed by atoms with Crippen LogP contribution in [0.15, 0.2) is 36.8 Å². The van der Waals surface area contributed by atoms with Crippen LogP contribution in [-0.2, 0) is 9.53 Å². The van der Waals surface area contributed by atoms with Crippen molar-refractivity contribution in [2.24, 2.45) is 5.92 Å². The Balaban J connectivity index is 2.30. The number of aliphatic carboxylic acids is 1. The normalized spacial score (nSPS) is 33.1. The van der Waals surface area contributed by atoms with E-state index in [1.165, 1.54) is 6.26 Å². The van der Waals surface area contributed by atoms with Crippen LogP contribution >= 0.6 is 11.6 Å². The zero-order valence-corrected chi connectivity index (χ0v) is 8.59. The number of alkyl halides is 1. The van der Waals surface area contributed by atoms with Crippen LogP contribution in [0.1, 0.15) is 0 Å². The van der Waals surface area contributed by atoms with E-state index in [0.717, 1.165) is 0 Å². The predicted octanol–water partition coefficient (Wildman–Crippen LogP) is 1.51. The summed E-state index contributed by atoms with van der Waals surface area (Å²) in [5.41, 5.74) is 0. The molecular weight excluding hydrogens is 218 g/mol. The molecule has 0 fully saturated rings. The van der Waals surface area contributed by atoms with Gasteiger partial charge < -0.3 is 14.7 Å². The highest BCUT2D eigenvalue weighted by molar-refractivity contribution is 6.26. The van der Waals surface area contributed by atoms with E-state index >= 15 is 0 Å². The van der Waals surface area contributed by atoms with Gasteiger partial charge in [0.2, 0.25) is 0 Å². The minimum absolute atomic E-state index is 0.269. The van der Waals surface area contributed by atoms with Gasteiger partial charge in [0.15, 0.2) is 11.7 Å². The van der Waals surface area contributed by atoms with Gasteiger partial charge in [0.1, 0.15) is 12.2 Å². The molecule has 2 atom stereocenters. The summed E-state index contributed by atoms with van der Waals surface area (Å²) in [7, 11) is 0. The standard InChI is InChI=1S/C10H10ClNO3/c11-10(12-5-6-15-7-12)4-2-1-3-8(10)9(13)14/h1-6,8H,7H2,(H,13,14). The molecule has 1 aliphatic heterocycles.